The summed E-state index contributed by atoms with van der Waals surface area (Å²) in [5.74, 6) is -1.25. The smallest absolute Gasteiger partial charge is 0.339 e. The van der Waals surface area contributed by atoms with Gasteiger partial charge in [-0.1, -0.05) is 58.4 Å². The minimum absolute atomic E-state index is 0.130. The van der Waals surface area contributed by atoms with Gasteiger partial charge in [-0.25, -0.2) is 4.79 Å². The summed E-state index contributed by atoms with van der Waals surface area (Å²) >= 11 is 4.60. The van der Waals surface area contributed by atoms with E-state index in [2.05, 4.69) is 21.2 Å². The predicted molar refractivity (Wildman–Crippen MR) is 108 cm³/mol. The van der Waals surface area contributed by atoms with Crippen LogP contribution in [-0.4, -0.2) is 17.0 Å². The summed E-state index contributed by atoms with van der Waals surface area (Å²) in [6.07, 6.45) is 0.911. The summed E-state index contributed by atoms with van der Waals surface area (Å²) in [7, 11) is 0. The van der Waals surface area contributed by atoms with Gasteiger partial charge in [-0.05, 0) is 29.7 Å². The molecule has 0 bridgehead atoms. The highest BCUT2D eigenvalue weighted by Gasteiger charge is 2.21. The third-order valence-electron chi connectivity index (χ3n) is 3.90. The van der Waals surface area contributed by atoms with Crippen molar-refractivity contribution >= 4 is 44.1 Å². The molecule has 132 valence electrons. The summed E-state index contributed by atoms with van der Waals surface area (Å²) in [5.41, 5.74) is 2.60. The van der Waals surface area contributed by atoms with Crippen molar-refractivity contribution in [3.8, 4) is 11.1 Å². The van der Waals surface area contributed by atoms with Crippen molar-refractivity contribution in [3.63, 3.8) is 0 Å². The first-order valence-electron chi connectivity index (χ1n) is 7.99. The van der Waals surface area contributed by atoms with Gasteiger partial charge >= 0.3 is 5.97 Å². The van der Waals surface area contributed by atoms with Crippen LogP contribution in [0.25, 0.3) is 11.1 Å². The fourth-order valence-corrected chi connectivity index (χ4v) is 3.84. The SMILES string of the molecule is O=C(CCc1ccccc1)Nc1scc(-c2ccc(Br)cc2)c1C(=O)O. The van der Waals surface area contributed by atoms with Gasteiger partial charge in [0, 0.05) is 21.8 Å². The Morgan fingerprint density at radius 1 is 1.04 bits per heavy atom. The fraction of sp³-hybridized carbons (Fsp3) is 0.100. The zero-order valence-corrected chi connectivity index (χ0v) is 16.1. The van der Waals surface area contributed by atoms with E-state index in [4.69, 9.17) is 0 Å². The van der Waals surface area contributed by atoms with E-state index >= 15 is 0 Å². The van der Waals surface area contributed by atoms with E-state index in [9.17, 15) is 14.7 Å². The van der Waals surface area contributed by atoms with Crippen LogP contribution in [0.5, 0.6) is 0 Å². The molecule has 0 saturated carbocycles. The lowest BCUT2D eigenvalue weighted by molar-refractivity contribution is -0.116. The third-order valence-corrected chi connectivity index (χ3v) is 5.32. The number of carbonyl (C=O) groups is 2. The monoisotopic (exact) mass is 429 g/mol. The molecule has 0 unspecified atom stereocenters. The second-order valence-corrected chi connectivity index (χ2v) is 7.49. The molecule has 2 aromatic carbocycles. The summed E-state index contributed by atoms with van der Waals surface area (Å²) in [5, 5.41) is 14.5. The Labute approximate surface area is 163 Å². The minimum atomic E-state index is -1.05. The molecule has 0 radical (unpaired) electrons. The minimum Gasteiger partial charge on any atom is -0.478 e. The van der Waals surface area contributed by atoms with Crippen molar-refractivity contribution in [2.24, 2.45) is 0 Å². The lowest BCUT2D eigenvalue weighted by Gasteiger charge is -2.06. The Kier molecular flexibility index (Phi) is 5.85. The molecule has 0 fully saturated rings. The quantitative estimate of drug-likeness (QED) is 0.547. The molecule has 3 aromatic rings. The first-order valence-corrected chi connectivity index (χ1v) is 9.66. The number of hydrogen-bond acceptors (Lipinski definition) is 3. The van der Waals surface area contributed by atoms with Gasteiger partial charge in [-0.2, -0.15) is 0 Å². The molecule has 6 heteroatoms. The largest absolute Gasteiger partial charge is 0.478 e. The Hall–Kier alpha value is -2.44. The van der Waals surface area contributed by atoms with Crippen LogP contribution in [0.1, 0.15) is 22.3 Å². The Bertz CT molecular complexity index is 920. The standard InChI is InChI=1S/C20H16BrNO3S/c21-15-9-7-14(8-10-15)16-12-26-19(18(16)20(24)25)22-17(23)11-6-13-4-2-1-3-5-13/h1-5,7-10,12H,6,11H2,(H,22,23)(H,24,25). The molecule has 2 N–H and O–H groups in total. The van der Waals surface area contributed by atoms with E-state index in [0.717, 1.165) is 15.6 Å². The number of carboxylic acids is 1. The van der Waals surface area contributed by atoms with Gasteiger partial charge in [0.1, 0.15) is 10.6 Å². The molecule has 1 aromatic heterocycles. The molecule has 0 aliphatic carbocycles. The topological polar surface area (TPSA) is 66.4 Å². The lowest BCUT2D eigenvalue weighted by Crippen LogP contribution is -2.14. The number of amides is 1. The number of benzene rings is 2. The molecule has 26 heavy (non-hydrogen) atoms. The van der Waals surface area contributed by atoms with Crippen LogP contribution in [0.2, 0.25) is 0 Å². The maximum Gasteiger partial charge on any atom is 0.339 e. The van der Waals surface area contributed by atoms with Gasteiger partial charge in [0.2, 0.25) is 5.91 Å². The Morgan fingerprint density at radius 2 is 1.73 bits per heavy atom. The molecule has 3 rings (SSSR count). The molecule has 0 saturated heterocycles. The lowest BCUT2D eigenvalue weighted by atomic mass is 10.0. The summed E-state index contributed by atoms with van der Waals surface area (Å²) in [6.45, 7) is 0. The van der Waals surface area contributed by atoms with Crippen molar-refractivity contribution in [2.75, 3.05) is 5.32 Å². The highest BCUT2D eigenvalue weighted by Crippen LogP contribution is 2.36. The number of carbonyl (C=O) groups excluding carboxylic acids is 1. The van der Waals surface area contributed by atoms with E-state index in [1.807, 2.05) is 54.6 Å². The molecule has 1 amide bonds. The molecule has 1 heterocycles. The number of aromatic carboxylic acids is 1. The van der Waals surface area contributed by atoms with Crippen molar-refractivity contribution in [2.45, 2.75) is 12.8 Å². The summed E-state index contributed by atoms with van der Waals surface area (Å²) in [4.78, 5) is 24.0. The molecular formula is C20H16BrNO3S. The van der Waals surface area contributed by atoms with Crippen LogP contribution in [0, 0.1) is 0 Å². The third kappa shape index (κ3) is 4.39. The van der Waals surface area contributed by atoms with Crippen molar-refractivity contribution in [1.29, 1.82) is 0 Å². The van der Waals surface area contributed by atoms with Gasteiger partial charge in [-0.3, -0.25) is 4.79 Å². The van der Waals surface area contributed by atoms with E-state index in [-0.39, 0.29) is 11.5 Å². The Morgan fingerprint density at radius 3 is 2.38 bits per heavy atom. The zero-order chi connectivity index (χ0) is 18.5. The van der Waals surface area contributed by atoms with Crippen LogP contribution in [0.15, 0.2) is 64.5 Å². The number of nitrogens with one attached hydrogen (secondary N) is 1. The fourth-order valence-electron chi connectivity index (χ4n) is 2.60. The van der Waals surface area contributed by atoms with Gasteiger partial charge in [0.15, 0.2) is 0 Å². The van der Waals surface area contributed by atoms with Crippen LogP contribution < -0.4 is 5.32 Å². The first-order chi connectivity index (χ1) is 12.5. The average Bonchev–Trinajstić information content (AvgIpc) is 3.05. The first kappa shape index (κ1) is 18.4. The normalized spacial score (nSPS) is 10.5. The van der Waals surface area contributed by atoms with Gasteiger partial charge in [0.25, 0.3) is 0 Å². The predicted octanol–water partition coefficient (Wildman–Crippen LogP) is 5.45. The Balaban J connectivity index is 1.76. The van der Waals surface area contributed by atoms with Crippen LogP contribution in [0.4, 0.5) is 5.00 Å². The van der Waals surface area contributed by atoms with Crippen LogP contribution in [0.3, 0.4) is 0 Å². The number of hydrogen-bond donors (Lipinski definition) is 2. The molecule has 0 aliphatic rings. The summed E-state index contributed by atoms with van der Waals surface area (Å²) in [6, 6.07) is 17.1. The second kappa shape index (κ2) is 8.29. The van der Waals surface area contributed by atoms with Gasteiger partial charge < -0.3 is 10.4 Å². The maximum atomic E-state index is 12.2. The number of thiophene rings is 1. The second-order valence-electron chi connectivity index (χ2n) is 5.70. The van der Waals surface area contributed by atoms with Crippen molar-refractivity contribution in [3.05, 3.63) is 75.6 Å². The van der Waals surface area contributed by atoms with Gasteiger partial charge in [0.05, 0.1) is 0 Å². The molecule has 4 nitrogen and oxygen atoms in total. The highest BCUT2D eigenvalue weighted by atomic mass is 79.9. The number of anilines is 1. The van der Waals surface area contributed by atoms with Crippen molar-refractivity contribution < 1.29 is 14.7 Å². The number of aryl methyl sites for hydroxylation is 1. The molecule has 0 spiro atoms. The zero-order valence-electron chi connectivity index (χ0n) is 13.7. The van der Waals surface area contributed by atoms with E-state index < -0.39 is 5.97 Å². The molecule has 0 atom stereocenters. The van der Waals surface area contributed by atoms with E-state index in [0.29, 0.717) is 23.4 Å². The average molecular weight is 430 g/mol. The highest BCUT2D eigenvalue weighted by molar-refractivity contribution is 9.10. The maximum absolute atomic E-state index is 12.2. The van der Waals surface area contributed by atoms with Crippen LogP contribution in [-0.2, 0) is 11.2 Å². The molecule has 0 aliphatic heterocycles. The van der Waals surface area contributed by atoms with E-state index in [1.165, 1.54) is 11.3 Å². The number of rotatable bonds is 6. The summed E-state index contributed by atoms with van der Waals surface area (Å²) < 4.78 is 0.919. The molecular weight excluding hydrogens is 414 g/mol. The number of carboxylic acid groups (broad SMARTS) is 1. The van der Waals surface area contributed by atoms with Gasteiger partial charge in [-0.15, -0.1) is 11.3 Å². The number of halogens is 1. The van der Waals surface area contributed by atoms with E-state index in [1.54, 1.807) is 5.38 Å². The van der Waals surface area contributed by atoms with Crippen molar-refractivity contribution in [1.82, 2.24) is 0 Å². The van der Waals surface area contributed by atoms with Crippen LogP contribution >= 0.6 is 27.3 Å².